The third-order valence-corrected chi connectivity index (χ3v) is 6.90. The van der Waals surface area contributed by atoms with E-state index < -0.39 is 11.8 Å². The number of rotatable bonds is 5. The molecule has 5 nitrogen and oxygen atoms in total. The Morgan fingerprint density at radius 1 is 1.19 bits per heavy atom. The summed E-state index contributed by atoms with van der Waals surface area (Å²) in [6, 6.07) is 11.6. The molecule has 2 aromatic rings. The average molecular weight is 438 g/mol. The number of ketones is 1. The highest BCUT2D eigenvalue weighted by molar-refractivity contribution is 7.10. The van der Waals surface area contributed by atoms with Crippen molar-refractivity contribution in [2.24, 2.45) is 5.92 Å². The van der Waals surface area contributed by atoms with Crippen molar-refractivity contribution in [2.75, 3.05) is 7.11 Å². The molecule has 1 aromatic carbocycles. The number of esters is 1. The number of thiophene rings is 1. The lowest BCUT2D eigenvalue weighted by Gasteiger charge is -2.40. The van der Waals surface area contributed by atoms with Crippen molar-refractivity contribution in [3.05, 3.63) is 75.8 Å². The van der Waals surface area contributed by atoms with Crippen LogP contribution in [0.25, 0.3) is 0 Å². The van der Waals surface area contributed by atoms with Crippen molar-refractivity contribution in [2.45, 2.75) is 44.6 Å². The zero-order valence-electron chi connectivity index (χ0n) is 18.0. The van der Waals surface area contributed by atoms with E-state index in [1.54, 1.807) is 18.4 Å². The Morgan fingerprint density at radius 3 is 2.65 bits per heavy atom. The number of methoxy groups -OCH3 is 1. The number of Topliss-reactive ketones (excluding diaryl/α,β-unsaturated/α-hetero) is 1. The Morgan fingerprint density at radius 2 is 1.97 bits per heavy atom. The summed E-state index contributed by atoms with van der Waals surface area (Å²) in [5, 5.41) is 5.34. The fraction of sp³-hybridized carbons (Fsp3) is 0.360. The van der Waals surface area contributed by atoms with E-state index in [9.17, 15) is 9.59 Å². The molecule has 0 spiro atoms. The third-order valence-electron chi connectivity index (χ3n) is 5.86. The molecule has 0 bridgehead atoms. The first-order valence-corrected chi connectivity index (χ1v) is 11.4. The maximum Gasteiger partial charge on any atom is 0.316 e. The van der Waals surface area contributed by atoms with Crippen molar-refractivity contribution in [1.29, 1.82) is 0 Å². The third kappa shape index (κ3) is 4.04. The molecule has 0 fully saturated rings. The van der Waals surface area contributed by atoms with E-state index in [4.69, 9.17) is 9.47 Å². The molecule has 3 atom stereocenters. The normalized spacial score (nSPS) is 23.4. The van der Waals surface area contributed by atoms with E-state index in [1.165, 1.54) is 4.88 Å². The van der Waals surface area contributed by atoms with Gasteiger partial charge in [0, 0.05) is 45.7 Å². The Hall–Kier alpha value is -2.86. The fourth-order valence-electron chi connectivity index (χ4n) is 4.62. The minimum atomic E-state index is -0.709. The molecule has 0 radical (unpaired) electrons. The van der Waals surface area contributed by atoms with Crippen LogP contribution in [0.15, 0.2) is 65.3 Å². The molecule has 1 aliphatic heterocycles. The first kappa shape index (κ1) is 21.4. The second-order valence-corrected chi connectivity index (χ2v) is 9.25. The van der Waals surface area contributed by atoms with E-state index in [-0.39, 0.29) is 23.8 Å². The fourth-order valence-corrected chi connectivity index (χ4v) is 5.45. The molecular weight excluding hydrogens is 410 g/mol. The van der Waals surface area contributed by atoms with Crippen LogP contribution in [0.5, 0.6) is 5.75 Å². The lowest BCUT2D eigenvalue weighted by molar-refractivity contribution is -0.151. The van der Waals surface area contributed by atoms with Gasteiger partial charge in [0.25, 0.3) is 0 Å². The van der Waals surface area contributed by atoms with Crippen molar-refractivity contribution >= 4 is 23.1 Å². The molecule has 0 saturated heterocycles. The van der Waals surface area contributed by atoms with E-state index in [0.29, 0.717) is 29.9 Å². The van der Waals surface area contributed by atoms with Crippen LogP contribution < -0.4 is 10.1 Å². The van der Waals surface area contributed by atoms with Gasteiger partial charge in [0.2, 0.25) is 0 Å². The molecule has 2 aliphatic rings. The lowest BCUT2D eigenvalue weighted by Crippen LogP contribution is -2.42. The van der Waals surface area contributed by atoms with Crippen LogP contribution in [0.2, 0.25) is 0 Å². The Bertz CT molecular complexity index is 1040. The molecular formula is C25H27NO4S. The second kappa shape index (κ2) is 8.71. The molecule has 2 heterocycles. The summed E-state index contributed by atoms with van der Waals surface area (Å²) in [6.07, 6.45) is 0.864. The zero-order chi connectivity index (χ0) is 22.1. The van der Waals surface area contributed by atoms with Crippen molar-refractivity contribution < 1.29 is 19.1 Å². The van der Waals surface area contributed by atoms with Gasteiger partial charge in [-0.05, 0) is 37.8 Å². The minimum absolute atomic E-state index is 0.0536. The van der Waals surface area contributed by atoms with Gasteiger partial charge in [-0.2, -0.15) is 0 Å². The Labute approximate surface area is 186 Å². The van der Waals surface area contributed by atoms with Gasteiger partial charge in [0.05, 0.1) is 13.2 Å². The quantitative estimate of drug-likeness (QED) is 0.672. The molecule has 0 amide bonds. The van der Waals surface area contributed by atoms with Crippen LogP contribution in [0, 0.1) is 5.92 Å². The van der Waals surface area contributed by atoms with Crippen LogP contribution in [-0.2, 0) is 14.3 Å². The van der Waals surface area contributed by atoms with Crippen LogP contribution in [0.3, 0.4) is 0 Å². The summed E-state index contributed by atoms with van der Waals surface area (Å²) in [5.74, 6) is -0.766. The highest BCUT2D eigenvalue weighted by Gasteiger charge is 2.46. The molecule has 6 heteroatoms. The standard InChI is InChI=1S/C25H27NO4S/c1-14(2)30-25(28)22-15(3)26-18-12-16(21-10-7-11-31-21)13-19(27)24(18)23(22)17-8-5-6-9-20(17)29-4/h5-11,14,16,22-23,26H,3,12-13H2,1-2,4H3. The minimum Gasteiger partial charge on any atom is -0.496 e. The number of carbonyl (C=O) groups is 2. The molecule has 4 rings (SSSR count). The summed E-state index contributed by atoms with van der Waals surface area (Å²) in [6.45, 7) is 7.80. The van der Waals surface area contributed by atoms with Gasteiger partial charge >= 0.3 is 5.97 Å². The van der Waals surface area contributed by atoms with E-state index in [1.807, 2.05) is 49.6 Å². The highest BCUT2D eigenvalue weighted by atomic mass is 32.1. The maximum atomic E-state index is 13.5. The summed E-state index contributed by atoms with van der Waals surface area (Å²) in [4.78, 5) is 27.8. The van der Waals surface area contributed by atoms with Gasteiger partial charge in [-0.15, -0.1) is 11.3 Å². The zero-order valence-corrected chi connectivity index (χ0v) is 18.8. The van der Waals surface area contributed by atoms with Crippen molar-refractivity contribution in [3.8, 4) is 5.75 Å². The largest absolute Gasteiger partial charge is 0.496 e. The van der Waals surface area contributed by atoms with Crippen molar-refractivity contribution in [3.63, 3.8) is 0 Å². The number of nitrogens with one attached hydrogen (secondary N) is 1. The number of allylic oxidation sites excluding steroid dienone is 2. The van der Waals surface area contributed by atoms with Crippen LogP contribution in [0.1, 0.15) is 49.0 Å². The molecule has 1 aromatic heterocycles. The number of hydrogen-bond acceptors (Lipinski definition) is 6. The van der Waals surface area contributed by atoms with Crippen LogP contribution in [0.4, 0.5) is 0 Å². The topological polar surface area (TPSA) is 64.6 Å². The van der Waals surface area contributed by atoms with Crippen molar-refractivity contribution in [1.82, 2.24) is 5.32 Å². The van der Waals surface area contributed by atoms with Gasteiger partial charge in [-0.3, -0.25) is 9.59 Å². The molecule has 162 valence electrons. The highest BCUT2D eigenvalue weighted by Crippen LogP contribution is 2.49. The lowest BCUT2D eigenvalue weighted by atomic mass is 9.69. The van der Waals surface area contributed by atoms with Gasteiger partial charge in [-0.25, -0.2) is 0 Å². The number of benzene rings is 1. The number of ether oxygens (including phenoxy) is 2. The molecule has 1 N–H and O–H groups in total. The summed E-state index contributed by atoms with van der Waals surface area (Å²) < 4.78 is 11.2. The monoisotopic (exact) mass is 437 g/mol. The smallest absolute Gasteiger partial charge is 0.316 e. The van der Waals surface area contributed by atoms with E-state index in [2.05, 4.69) is 18.0 Å². The number of hydrogen-bond donors (Lipinski definition) is 1. The first-order chi connectivity index (χ1) is 14.9. The van der Waals surface area contributed by atoms with Gasteiger partial charge in [0.1, 0.15) is 11.7 Å². The summed E-state index contributed by atoms with van der Waals surface area (Å²) >= 11 is 1.67. The van der Waals surface area contributed by atoms with E-state index in [0.717, 1.165) is 11.3 Å². The first-order valence-electron chi connectivity index (χ1n) is 10.5. The van der Waals surface area contributed by atoms with Gasteiger partial charge in [-0.1, -0.05) is 30.8 Å². The van der Waals surface area contributed by atoms with E-state index >= 15 is 0 Å². The molecule has 1 aliphatic carbocycles. The van der Waals surface area contributed by atoms with Gasteiger partial charge < -0.3 is 14.8 Å². The molecule has 3 unspecified atom stereocenters. The molecule has 0 saturated carbocycles. The molecule has 31 heavy (non-hydrogen) atoms. The van der Waals surface area contributed by atoms with Crippen LogP contribution >= 0.6 is 11.3 Å². The Kier molecular flexibility index (Phi) is 6.01. The summed E-state index contributed by atoms with van der Waals surface area (Å²) in [7, 11) is 1.60. The predicted molar refractivity (Wildman–Crippen MR) is 121 cm³/mol. The maximum absolute atomic E-state index is 13.5. The summed E-state index contributed by atoms with van der Waals surface area (Å²) in [5.41, 5.74) is 2.85. The second-order valence-electron chi connectivity index (χ2n) is 8.27. The number of carbonyl (C=O) groups excluding carboxylic acids is 2. The van der Waals surface area contributed by atoms with Crippen LogP contribution in [-0.4, -0.2) is 25.0 Å². The predicted octanol–water partition coefficient (Wildman–Crippen LogP) is 4.93. The average Bonchev–Trinajstić information content (AvgIpc) is 3.27. The number of para-hydroxylation sites is 1. The van der Waals surface area contributed by atoms with Gasteiger partial charge in [0.15, 0.2) is 5.78 Å². The SMILES string of the molecule is C=C1NC2=C(C(=O)CC(c3cccs3)C2)C(c2ccccc2OC)C1C(=O)OC(C)C. The Balaban J connectivity index is 1.83.